The Morgan fingerprint density at radius 1 is 1.35 bits per heavy atom. The number of nitrogens with two attached hydrogens (primary N) is 1. The fraction of sp³-hybridized carbons (Fsp3) is 0.154. The Hall–Kier alpha value is -2.34. The number of ether oxygens (including phenoxy) is 1. The van der Waals surface area contributed by atoms with Gasteiger partial charge in [-0.3, -0.25) is 0 Å². The smallest absolute Gasteiger partial charge is 0.223 e. The first kappa shape index (κ1) is 12.7. The Morgan fingerprint density at radius 3 is 3.00 bits per heavy atom. The Bertz CT molecular complexity index is 771. The molecule has 0 aliphatic rings. The van der Waals surface area contributed by atoms with E-state index in [1.54, 1.807) is 13.4 Å². The Labute approximate surface area is 120 Å². The van der Waals surface area contributed by atoms with Crippen molar-refractivity contribution in [2.75, 3.05) is 12.8 Å². The zero-order valence-corrected chi connectivity index (χ0v) is 11.5. The zero-order valence-electron chi connectivity index (χ0n) is 10.7. The van der Waals surface area contributed by atoms with Gasteiger partial charge in [0.25, 0.3) is 0 Å². The lowest BCUT2D eigenvalue weighted by Gasteiger charge is -2.06. The molecule has 0 radical (unpaired) electrons. The second-order valence-electron chi connectivity index (χ2n) is 4.27. The van der Waals surface area contributed by atoms with Gasteiger partial charge >= 0.3 is 0 Å². The highest BCUT2D eigenvalue weighted by Gasteiger charge is 2.11. The van der Waals surface area contributed by atoms with E-state index in [1.165, 1.54) is 0 Å². The first-order valence-corrected chi connectivity index (χ1v) is 6.32. The number of anilines is 1. The Morgan fingerprint density at radius 2 is 2.20 bits per heavy atom. The van der Waals surface area contributed by atoms with Gasteiger partial charge in [0.05, 0.1) is 20.0 Å². The number of hydrogen-bond acceptors (Lipinski definition) is 5. The largest absolute Gasteiger partial charge is 0.497 e. The van der Waals surface area contributed by atoms with Crippen LogP contribution in [0.1, 0.15) is 5.56 Å². The zero-order chi connectivity index (χ0) is 14.1. The molecule has 1 aromatic carbocycles. The van der Waals surface area contributed by atoms with E-state index < -0.39 is 0 Å². The fourth-order valence-electron chi connectivity index (χ4n) is 2.01. The van der Waals surface area contributed by atoms with Gasteiger partial charge in [0, 0.05) is 0 Å². The molecule has 0 bridgehead atoms. The lowest BCUT2D eigenvalue weighted by molar-refractivity contribution is 0.414. The maximum absolute atomic E-state index is 6.00. The van der Waals surface area contributed by atoms with Gasteiger partial charge in [0.1, 0.15) is 11.3 Å². The lowest BCUT2D eigenvalue weighted by Crippen LogP contribution is -2.02. The maximum Gasteiger partial charge on any atom is 0.223 e. The van der Waals surface area contributed by atoms with E-state index in [0.717, 1.165) is 11.3 Å². The van der Waals surface area contributed by atoms with Crippen molar-refractivity contribution >= 4 is 28.7 Å². The number of aromatic nitrogens is 4. The van der Waals surface area contributed by atoms with E-state index in [2.05, 4.69) is 15.0 Å². The third-order valence-electron chi connectivity index (χ3n) is 2.93. The molecule has 0 spiro atoms. The molecule has 0 aliphatic carbocycles. The number of halogens is 1. The second kappa shape index (κ2) is 4.97. The minimum atomic E-state index is 0.134. The van der Waals surface area contributed by atoms with Crippen LogP contribution >= 0.6 is 11.6 Å². The highest BCUT2D eigenvalue weighted by Crippen LogP contribution is 2.21. The van der Waals surface area contributed by atoms with E-state index in [0.29, 0.717) is 17.7 Å². The molecular weight excluding hydrogens is 278 g/mol. The summed E-state index contributed by atoms with van der Waals surface area (Å²) in [5.74, 6) is 0.939. The van der Waals surface area contributed by atoms with Gasteiger partial charge in [-0.25, -0.2) is 4.98 Å². The number of methoxy groups -OCH3 is 1. The van der Waals surface area contributed by atoms with Crippen LogP contribution in [0.5, 0.6) is 5.75 Å². The third kappa shape index (κ3) is 2.25. The van der Waals surface area contributed by atoms with Gasteiger partial charge in [-0.1, -0.05) is 23.7 Å². The van der Waals surface area contributed by atoms with Crippen LogP contribution in [-0.4, -0.2) is 26.6 Å². The van der Waals surface area contributed by atoms with Crippen LogP contribution in [0.25, 0.3) is 11.2 Å². The number of hydrogen-bond donors (Lipinski definition) is 1. The molecule has 0 aliphatic heterocycles. The normalized spacial score (nSPS) is 10.9. The van der Waals surface area contributed by atoms with Crippen molar-refractivity contribution in [3.8, 4) is 5.75 Å². The van der Waals surface area contributed by atoms with Gasteiger partial charge in [-0.2, -0.15) is 9.97 Å². The van der Waals surface area contributed by atoms with Gasteiger partial charge in [0.2, 0.25) is 5.95 Å². The van der Waals surface area contributed by atoms with Crippen LogP contribution in [0, 0.1) is 0 Å². The maximum atomic E-state index is 6.00. The molecule has 3 rings (SSSR count). The number of imidazole rings is 1. The lowest BCUT2D eigenvalue weighted by atomic mass is 10.2. The van der Waals surface area contributed by atoms with Crippen LogP contribution in [0.3, 0.4) is 0 Å². The minimum absolute atomic E-state index is 0.134. The first-order chi connectivity index (χ1) is 9.67. The van der Waals surface area contributed by atoms with Gasteiger partial charge in [-0.05, 0) is 17.7 Å². The number of rotatable bonds is 3. The number of nitrogen functional groups attached to an aromatic ring is 1. The summed E-state index contributed by atoms with van der Waals surface area (Å²) >= 11 is 6.00. The monoisotopic (exact) mass is 289 g/mol. The molecule has 2 aromatic heterocycles. The summed E-state index contributed by atoms with van der Waals surface area (Å²) in [6.45, 7) is 0.598. The van der Waals surface area contributed by atoms with Crippen LogP contribution < -0.4 is 10.5 Å². The van der Waals surface area contributed by atoms with E-state index in [9.17, 15) is 0 Å². The van der Waals surface area contributed by atoms with Crippen molar-refractivity contribution in [2.45, 2.75) is 6.54 Å². The summed E-state index contributed by atoms with van der Waals surface area (Å²) in [5.41, 5.74) is 7.85. The van der Waals surface area contributed by atoms with Crippen LogP contribution in [0.15, 0.2) is 30.6 Å². The average molecular weight is 290 g/mol. The third-order valence-corrected chi connectivity index (χ3v) is 3.19. The first-order valence-electron chi connectivity index (χ1n) is 5.94. The number of benzene rings is 1. The standard InChI is InChI=1S/C13H12ClN5O/c1-20-9-4-2-3-8(5-9)6-19-7-16-10-11(14)17-13(15)18-12(10)19/h2-5,7H,6H2,1H3,(H2,15,17,18). The van der Waals surface area contributed by atoms with E-state index in [1.807, 2.05) is 28.8 Å². The molecule has 20 heavy (non-hydrogen) atoms. The molecule has 0 saturated carbocycles. The molecule has 6 nitrogen and oxygen atoms in total. The summed E-state index contributed by atoms with van der Waals surface area (Å²) in [4.78, 5) is 12.3. The van der Waals surface area contributed by atoms with Crippen molar-refractivity contribution < 1.29 is 4.74 Å². The molecule has 3 aromatic rings. The molecule has 2 N–H and O–H groups in total. The molecule has 0 saturated heterocycles. The van der Waals surface area contributed by atoms with Gasteiger partial charge in [-0.15, -0.1) is 0 Å². The van der Waals surface area contributed by atoms with Crippen molar-refractivity contribution in [1.82, 2.24) is 19.5 Å². The predicted octanol–water partition coefficient (Wildman–Crippen LogP) is 2.12. The molecule has 0 unspecified atom stereocenters. The summed E-state index contributed by atoms with van der Waals surface area (Å²) < 4.78 is 7.08. The van der Waals surface area contributed by atoms with Gasteiger partial charge in [0.15, 0.2) is 10.8 Å². The topological polar surface area (TPSA) is 78.8 Å². The van der Waals surface area contributed by atoms with Crippen molar-refractivity contribution in [3.63, 3.8) is 0 Å². The van der Waals surface area contributed by atoms with E-state index >= 15 is 0 Å². The summed E-state index contributed by atoms with van der Waals surface area (Å²) in [7, 11) is 1.64. The van der Waals surface area contributed by atoms with Crippen LogP contribution in [-0.2, 0) is 6.54 Å². The highest BCUT2D eigenvalue weighted by molar-refractivity contribution is 6.33. The minimum Gasteiger partial charge on any atom is -0.497 e. The SMILES string of the molecule is COc1cccc(Cn2cnc3c(Cl)nc(N)nc32)c1. The number of nitrogens with zero attached hydrogens (tertiary/aromatic N) is 4. The molecule has 0 atom stereocenters. The average Bonchev–Trinajstić information content (AvgIpc) is 2.82. The quantitative estimate of drug-likeness (QED) is 0.747. The molecule has 0 amide bonds. The summed E-state index contributed by atoms with van der Waals surface area (Å²) in [6.07, 6.45) is 1.67. The van der Waals surface area contributed by atoms with Crippen LogP contribution in [0.4, 0.5) is 5.95 Å². The molecule has 0 fully saturated rings. The van der Waals surface area contributed by atoms with Crippen molar-refractivity contribution in [2.24, 2.45) is 0 Å². The van der Waals surface area contributed by atoms with E-state index in [4.69, 9.17) is 22.1 Å². The van der Waals surface area contributed by atoms with E-state index in [-0.39, 0.29) is 11.1 Å². The van der Waals surface area contributed by atoms with Gasteiger partial charge < -0.3 is 15.0 Å². The summed E-state index contributed by atoms with van der Waals surface area (Å²) in [6, 6.07) is 7.79. The highest BCUT2D eigenvalue weighted by atomic mass is 35.5. The fourth-order valence-corrected chi connectivity index (χ4v) is 2.23. The van der Waals surface area contributed by atoms with Crippen molar-refractivity contribution in [1.29, 1.82) is 0 Å². The number of fused-ring (bicyclic) bond motifs is 1. The van der Waals surface area contributed by atoms with Crippen LogP contribution in [0.2, 0.25) is 5.15 Å². The predicted molar refractivity (Wildman–Crippen MR) is 76.8 cm³/mol. The Balaban J connectivity index is 2.02. The van der Waals surface area contributed by atoms with Crippen molar-refractivity contribution in [3.05, 3.63) is 41.3 Å². The molecule has 2 heterocycles. The molecule has 7 heteroatoms. The summed E-state index contributed by atoms with van der Waals surface area (Å²) in [5, 5.41) is 0.261. The molecule has 102 valence electrons. The Kier molecular flexibility index (Phi) is 3.15. The second-order valence-corrected chi connectivity index (χ2v) is 4.63. The molecular formula is C13H12ClN5O.